The third kappa shape index (κ3) is 1.56. The first-order chi connectivity index (χ1) is 7.17. The average Bonchev–Trinajstić information content (AvgIpc) is 2.66. The van der Waals surface area contributed by atoms with Crippen LogP contribution in [0.4, 0.5) is 0 Å². The smallest absolute Gasteiger partial charge is 0.329 e. The van der Waals surface area contributed by atoms with Gasteiger partial charge in [0.2, 0.25) is 0 Å². The first kappa shape index (κ1) is 10.3. The quantitative estimate of drug-likeness (QED) is 0.809. The Hall–Kier alpha value is -1.25. The van der Waals surface area contributed by atoms with Gasteiger partial charge < -0.3 is 9.67 Å². The number of carbonyl (C=O) groups is 1. The van der Waals surface area contributed by atoms with Gasteiger partial charge in [0.25, 0.3) is 0 Å². The summed E-state index contributed by atoms with van der Waals surface area (Å²) in [5.74, 6) is -0.679. The predicted molar refractivity (Wildman–Crippen MR) is 57.9 cm³/mol. The van der Waals surface area contributed by atoms with Gasteiger partial charge in [0.15, 0.2) is 0 Å². The zero-order chi connectivity index (χ0) is 10.9. The number of rotatable bonds is 2. The fraction of sp³-hybridized carbons (Fsp3) is 0.583. The van der Waals surface area contributed by atoms with E-state index in [9.17, 15) is 9.90 Å². The molecule has 1 aliphatic carbocycles. The van der Waals surface area contributed by atoms with Crippen molar-refractivity contribution in [1.29, 1.82) is 0 Å². The van der Waals surface area contributed by atoms with Crippen LogP contribution in [0.2, 0.25) is 0 Å². The molecule has 1 aliphatic rings. The molecule has 2 rings (SSSR count). The van der Waals surface area contributed by atoms with Crippen molar-refractivity contribution in [3.8, 4) is 0 Å². The third-order valence-corrected chi connectivity index (χ3v) is 3.49. The number of nitrogens with zero attached hydrogens (tertiary/aromatic N) is 1. The van der Waals surface area contributed by atoms with Gasteiger partial charge in [0, 0.05) is 11.9 Å². The second-order valence-corrected chi connectivity index (χ2v) is 4.42. The summed E-state index contributed by atoms with van der Waals surface area (Å²) in [4.78, 5) is 11.5. The summed E-state index contributed by atoms with van der Waals surface area (Å²) in [5.41, 5.74) is 0.366. The lowest BCUT2D eigenvalue weighted by molar-refractivity contribution is -0.149. The molecule has 0 bridgehead atoms. The first-order valence-corrected chi connectivity index (χ1v) is 5.55. The van der Waals surface area contributed by atoms with Crippen LogP contribution >= 0.6 is 0 Å². The third-order valence-electron chi connectivity index (χ3n) is 3.49. The van der Waals surface area contributed by atoms with Crippen molar-refractivity contribution in [2.24, 2.45) is 0 Å². The van der Waals surface area contributed by atoms with E-state index in [-0.39, 0.29) is 0 Å². The molecule has 1 aromatic rings. The van der Waals surface area contributed by atoms with Crippen molar-refractivity contribution >= 4 is 5.97 Å². The van der Waals surface area contributed by atoms with Crippen molar-refractivity contribution in [1.82, 2.24) is 4.57 Å². The number of aryl methyl sites for hydroxylation is 1. The molecule has 1 heterocycles. The molecule has 3 heteroatoms. The Labute approximate surface area is 89.7 Å². The zero-order valence-corrected chi connectivity index (χ0v) is 9.07. The Kier molecular flexibility index (Phi) is 2.55. The van der Waals surface area contributed by atoms with Gasteiger partial charge in [-0.2, -0.15) is 0 Å². The molecule has 0 unspecified atom stereocenters. The minimum absolute atomic E-state index is 0.675. The fourth-order valence-corrected chi connectivity index (χ4v) is 2.64. The molecule has 15 heavy (non-hydrogen) atoms. The van der Waals surface area contributed by atoms with Crippen LogP contribution in [-0.4, -0.2) is 15.6 Å². The molecule has 0 atom stereocenters. The second kappa shape index (κ2) is 3.72. The molecule has 0 spiro atoms. The van der Waals surface area contributed by atoms with Gasteiger partial charge in [-0.25, -0.2) is 4.79 Å². The minimum Gasteiger partial charge on any atom is -0.479 e. The van der Waals surface area contributed by atoms with E-state index in [1.165, 1.54) is 0 Å². The lowest BCUT2D eigenvalue weighted by atomic mass is 9.81. The first-order valence-electron chi connectivity index (χ1n) is 5.55. The number of carboxylic acids is 1. The highest BCUT2D eigenvalue weighted by molar-refractivity contribution is 5.77. The summed E-state index contributed by atoms with van der Waals surface area (Å²) >= 11 is 0. The van der Waals surface area contributed by atoms with Crippen molar-refractivity contribution in [2.45, 2.75) is 44.6 Å². The molecule has 82 valence electrons. The standard InChI is InChI=1S/C12H17NO2/c1-10-6-5-9-13(10)12(11(14)15)7-3-2-4-8-12/h5-6,9H,2-4,7-8H2,1H3,(H,14,15). The highest BCUT2D eigenvalue weighted by atomic mass is 16.4. The molecule has 0 amide bonds. The molecular formula is C12H17NO2. The monoisotopic (exact) mass is 207 g/mol. The maximum atomic E-state index is 11.5. The lowest BCUT2D eigenvalue weighted by Gasteiger charge is -2.35. The number of aromatic nitrogens is 1. The highest BCUT2D eigenvalue weighted by Crippen LogP contribution is 2.36. The van der Waals surface area contributed by atoms with Crippen LogP contribution < -0.4 is 0 Å². The zero-order valence-electron chi connectivity index (χ0n) is 9.07. The van der Waals surface area contributed by atoms with Crippen molar-refractivity contribution in [3.63, 3.8) is 0 Å². The van der Waals surface area contributed by atoms with Crippen LogP contribution in [0.3, 0.4) is 0 Å². The van der Waals surface area contributed by atoms with E-state index in [1.807, 2.05) is 29.8 Å². The van der Waals surface area contributed by atoms with Crippen LogP contribution in [0, 0.1) is 6.92 Å². The summed E-state index contributed by atoms with van der Waals surface area (Å²) in [6, 6.07) is 3.90. The van der Waals surface area contributed by atoms with Crippen LogP contribution in [0.5, 0.6) is 0 Å². The maximum Gasteiger partial charge on any atom is 0.329 e. The van der Waals surface area contributed by atoms with Gasteiger partial charge in [-0.3, -0.25) is 0 Å². The van der Waals surface area contributed by atoms with Crippen molar-refractivity contribution in [3.05, 3.63) is 24.0 Å². The highest BCUT2D eigenvalue weighted by Gasteiger charge is 2.41. The summed E-state index contributed by atoms with van der Waals surface area (Å²) in [7, 11) is 0. The van der Waals surface area contributed by atoms with Crippen molar-refractivity contribution in [2.75, 3.05) is 0 Å². The Morgan fingerprint density at radius 3 is 2.53 bits per heavy atom. The number of carboxylic acid groups (broad SMARTS) is 1. The van der Waals surface area contributed by atoms with Gasteiger partial charge in [-0.15, -0.1) is 0 Å². The van der Waals surface area contributed by atoms with Crippen LogP contribution in [0.1, 0.15) is 37.8 Å². The Morgan fingerprint density at radius 2 is 2.07 bits per heavy atom. The van der Waals surface area contributed by atoms with E-state index in [2.05, 4.69) is 0 Å². The topological polar surface area (TPSA) is 42.2 Å². The summed E-state index contributed by atoms with van der Waals surface area (Å²) in [6.45, 7) is 1.97. The SMILES string of the molecule is Cc1cccn1C1(C(=O)O)CCCCC1. The van der Waals surface area contributed by atoms with Crippen LogP contribution in [0.25, 0.3) is 0 Å². The van der Waals surface area contributed by atoms with Gasteiger partial charge >= 0.3 is 5.97 Å². The summed E-state index contributed by atoms with van der Waals surface area (Å²) in [5, 5.41) is 9.46. The van der Waals surface area contributed by atoms with E-state index in [0.717, 1.165) is 37.8 Å². The van der Waals surface area contributed by atoms with E-state index in [1.54, 1.807) is 0 Å². The fourth-order valence-electron chi connectivity index (χ4n) is 2.64. The Morgan fingerprint density at radius 1 is 1.40 bits per heavy atom. The normalized spacial score (nSPS) is 20.1. The lowest BCUT2D eigenvalue weighted by Crippen LogP contribution is -2.43. The number of hydrogen-bond donors (Lipinski definition) is 1. The molecule has 1 aromatic heterocycles. The molecule has 3 nitrogen and oxygen atoms in total. The van der Waals surface area contributed by atoms with Crippen molar-refractivity contribution < 1.29 is 9.90 Å². The van der Waals surface area contributed by atoms with E-state index >= 15 is 0 Å². The van der Waals surface area contributed by atoms with Crippen LogP contribution in [0.15, 0.2) is 18.3 Å². The molecule has 0 radical (unpaired) electrons. The predicted octanol–water partition coefficient (Wildman–Crippen LogP) is 2.54. The summed E-state index contributed by atoms with van der Waals surface area (Å²) < 4.78 is 1.94. The van der Waals surface area contributed by atoms with E-state index in [0.29, 0.717) is 0 Å². The molecule has 1 saturated carbocycles. The average molecular weight is 207 g/mol. The van der Waals surface area contributed by atoms with E-state index < -0.39 is 11.5 Å². The Bertz CT molecular complexity index is 361. The number of hydrogen-bond acceptors (Lipinski definition) is 1. The van der Waals surface area contributed by atoms with Gasteiger partial charge in [-0.1, -0.05) is 19.3 Å². The number of aliphatic carboxylic acids is 1. The Balaban J connectivity index is 2.42. The molecule has 0 saturated heterocycles. The van der Waals surface area contributed by atoms with Gasteiger partial charge in [-0.05, 0) is 31.9 Å². The second-order valence-electron chi connectivity index (χ2n) is 4.42. The maximum absolute atomic E-state index is 11.5. The molecule has 1 fully saturated rings. The molecular weight excluding hydrogens is 190 g/mol. The molecule has 1 N–H and O–H groups in total. The largest absolute Gasteiger partial charge is 0.479 e. The van der Waals surface area contributed by atoms with Gasteiger partial charge in [0.1, 0.15) is 5.54 Å². The minimum atomic E-state index is -0.679. The van der Waals surface area contributed by atoms with Crippen LogP contribution in [-0.2, 0) is 10.3 Å². The molecule has 0 aliphatic heterocycles. The van der Waals surface area contributed by atoms with Gasteiger partial charge in [0.05, 0.1) is 0 Å². The summed E-state index contributed by atoms with van der Waals surface area (Å²) in [6.07, 6.45) is 6.62. The van der Waals surface area contributed by atoms with E-state index in [4.69, 9.17) is 0 Å². The molecule has 0 aromatic carbocycles.